The molecule has 1 saturated heterocycles. The summed E-state index contributed by atoms with van der Waals surface area (Å²) < 4.78 is 7.22. The van der Waals surface area contributed by atoms with Crippen LogP contribution < -0.4 is 5.32 Å². The van der Waals surface area contributed by atoms with E-state index in [4.69, 9.17) is 4.74 Å². The Morgan fingerprint density at radius 3 is 2.62 bits per heavy atom. The van der Waals surface area contributed by atoms with Gasteiger partial charge in [0.05, 0.1) is 18.9 Å². The van der Waals surface area contributed by atoms with Crippen LogP contribution in [0.2, 0.25) is 0 Å². The third kappa shape index (κ3) is 3.97. The predicted molar refractivity (Wildman–Crippen MR) is 110 cm³/mol. The predicted octanol–water partition coefficient (Wildman–Crippen LogP) is 3.94. The Morgan fingerprint density at radius 2 is 1.92 bits per heavy atom. The molecule has 1 N–H and O–H groups in total. The topological polar surface area (TPSA) is 54.5 Å². The average Bonchev–Trinajstić information content (AvgIpc) is 2.92. The fraction of sp³-hybridized carbons (Fsp3) is 0.333. The number of nitrogens with one attached hydrogen (secondary N) is 1. The second kappa shape index (κ2) is 8.35. The molecular formula is C18H18Br2ClN3O2. The van der Waals surface area contributed by atoms with E-state index in [-0.39, 0.29) is 24.2 Å². The summed E-state index contributed by atoms with van der Waals surface area (Å²) in [5.41, 5.74) is 3.72. The summed E-state index contributed by atoms with van der Waals surface area (Å²) in [5, 5.41) is 2.94. The Kier molecular flexibility index (Phi) is 6.35. The molecule has 2 aliphatic rings. The summed E-state index contributed by atoms with van der Waals surface area (Å²) in [4.78, 5) is 19.4. The lowest BCUT2D eigenvalue weighted by Gasteiger charge is -2.26. The normalized spacial score (nSPS) is 19.6. The van der Waals surface area contributed by atoms with Gasteiger partial charge in [0.2, 0.25) is 5.91 Å². The van der Waals surface area contributed by atoms with Crippen molar-refractivity contribution in [1.29, 1.82) is 0 Å². The molecule has 1 aromatic heterocycles. The smallest absolute Gasteiger partial charge is 0.238 e. The van der Waals surface area contributed by atoms with Crippen molar-refractivity contribution in [2.24, 2.45) is 0 Å². The van der Waals surface area contributed by atoms with Crippen molar-refractivity contribution in [3.05, 3.63) is 56.2 Å². The van der Waals surface area contributed by atoms with E-state index < -0.39 is 0 Å². The fourth-order valence-corrected chi connectivity index (χ4v) is 3.97. The number of halogens is 3. The quantitative estimate of drug-likeness (QED) is 0.690. The fourth-order valence-electron chi connectivity index (χ4n) is 3.27. The maximum absolute atomic E-state index is 12.5. The van der Waals surface area contributed by atoms with E-state index in [1.54, 1.807) is 0 Å². The number of benzene rings is 1. The first-order valence-corrected chi connectivity index (χ1v) is 9.75. The minimum absolute atomic E-state index is 0. The number of carbonyl (C=O) groups excluding carboxylic acids is 1. The van der Waals surface area contributed by atoms with E-state index in [1.165, 1.54) is 0 Å². The van der Waals surface area contributed by atoms with Crippen LogP contribution >= 0.6 is 44.3 Å². The molecule has 1 amide bonds. The lowest BCUT2D eigenvalue weighted by Crippen LogP contribution is -2.35. The van der Waals surface area contributed by atoms with Crippen molar-refractivity contribution < 1.29 is 9.53 Å². The van der Waals surface area contributed by atoms with E-state index >= 15 is 0 Å². The number of pyridine rings is 1. The molecule has 1 aromatic carbocycles. The van der Waals surface area contributed by atoms with E-state index in [0.29, 0.717) is 0 Å². The molecule has 2 aromatic rings. The average molecular weight is 504 g/mol. The standard InChI is InChI=1S/C18H17Br2N3O2.ClH/c19-13-7-12-16(8-14(13)20)22-18(24)17(12)15-2-1-11(9-21-15)10-23-3-5-25-6-4-23;/h1-2,7-9,17H,3-6,10H2,(H,22,24);1H. The zero-order valence-corrected chi connectivity index (χ0v) is 17.9. The number of ether oxygens (including phenoxy) is 1. The maximum Gasteiger partial charge on any atom is 0.238 e. The number of hydrogen-bond acceptors (Lipinski definition) is 4. The lowest BCUT2D eigenvalue weighted by atomic mass is 9.96. The molecule has 5 nitrogen and oxygen atoms in total. The van der Waals surface area contributed by atoms with Gasteiger partial charge in [0.1, 0.15) is 5.92 Å². The summed E-state index contributed by atoms with van der Waals surface area (Å²) in [6.45, 7) is 4.33. The van der Waals surface area contributed by atoms with Gasteiger partial charge in [0.25, 0.3) is 0 Å². The van der Waals surface area contributed by atoms with Crippen LogP contribution in [0, 0.1) is 0 Å². The molecule has 3 heterocycles. The molecule has 0 aliphatic carbocycles. The molecule has 8 heteroatoms. The van der Waals surface area contributed by atoms with Crippen LogP contribution in [-0.2, 0) is 16.1 Å². The van der Waals surface area contributed by atoms with Crippen LogP contribution in [-0.4, -0.2) is 42.1 Å². The lowest BCUT2D eigenvalue weighted by molar-refractivity contribution is -0.116. The molecule has 0 radical (unpaired) electrons. The molecule has 0 saturated carbocycles. The summed E-state index contributed by atoms with van der Waals surface area (Å²) in [6, 6.07) is 7.93. The third-order valence-electron chi connectivity index (χ3n) is 4.58. The molecule has 138 valence electrons. The van der Waals surface area contributed by atoms with Gasteiger partial charge in [0, 0.05) is 40.5 Å². The Morgan fingerprint density at radius 1 is 1.19 bits per heavy atom. The molecule has 0 spiro atoms. The first-order valence-electron chi connectivity index (χ1n) is 8.16. The molecule has 26 heavy (non-hydrogen) atoms. The Bertz CT molecular complexity index is 811. The van der Waals surface area contributed by atoms with Gasteiger partial charge in [-0.1, -0.05) is 6.07 Å². The number of fused-ring (bicyclic) bond motifs is 1. The highest BCUT2D eigenvalue weighted by Crippen LogP contribution is 2.40. The van der Waals surface area contributed by atoms with Gasteiger partial charge < -0.3 is 10.1 Å². The molecule has 1 unspecified atom stereocenters. The van der Waals surface area contributed by atoms with Crippen LogP contribution in [0.15, 0.2) is 39.4 Å². The number of hydrogen-bond donors (Lipinski definition) is 1. The summed E-state index contributed by atoms with van der Waals surface area (Å²) in [5.74, 6) is -0.398. The minimum atomic E-state index is -0.364. The molecule has 1 fully saturated rings. The minimum Gasteiger partial charge on any atom is -0.379 e. The molecule has 1 atom stereocenters. The number of amides is 1. The van der Waals surface area contributed by atoms with Gasteiger partial charge in [-0.3, -0.25) is 14.7 Å². The van der Waals surface area contributed by atoms with Gasteiger partial charge in [-0.15, -0.1) is 12.4 Å². The van der Waals surface area contributed by atoms with Crippen LogP contribution in [0.1, 0.15) is 22.7 Å². The molecule has 2 aliphatic heterocycles. The van der Waals surface area contributed by atoms with Crippen molar-refractivity contribution in [3.8, 4) is 0 Å². The van der Waals surface area contributed by atoms with Crippen LogP contribution in [0.3, 0.4) is 0 Å². The number of anilines is 1. The number of carbonyl (C=O) groups is 1. The van der Waals surface area contributed by atoms with Crippen molar-refractivity contribution in [2.45, 2.75) is 12.5 Å². The van der Waals surface area contributed by atoms with E-state index in [1.807, 2.05) is 24.4 Å². The summed E-state index contributed by atoms with van der Waals surface area (Å²) in [6.07, 6.45) is 1.88. The van der Waals surface area contributed by atoms with Crippen LogP contribution in [0.5, 0.6) is 0 Å². The number of nitrogens with zero attached hydrogens (tertiary/aromatic N) is 2. The number of morpholine rings is 1. The Balaban J connectivity index is 0.00000196. The third-order valence-corrected chi connectivity index (χ3v) is 6.42. The van der Waals surface area contributed by atoms with Crippen molar-refractivity contribution in [1.82, 2.24) is 9.88 Å². The van der Waals surface area contributed by atoms with Crippen LogP contribution in [0.4, 0.5) is 5.69 Å². The van der Waals surface area contributed by atoms with Crippen molar-refractivity contribution in [2.75, 3.05) is 31.6 Å². The van der Waals surface area contributed by atoms with E-state index in [0.717, 1.165) is 64.3 Å². The second-order valence-corrected chi connectivity index (χ2v) is 7.96. The van der Waals surface area contributed by atoms with E-state index in [9.17, 15) is 4.79 Å². The largest absolute Gasteiger partial charge is 0.379 e. The van der Waals surface area contributed by atoms with Crippen LogP contribution in [0.25, 0.3) is 0 Å². The maximum atomic E-state index is 12.5. The molecule has 0 bridgehead atoms. The molecular weight excluding hydrogens is 485 g/mol. The highest BCUT2D eigenvalue weighted by atomic mass is 79.9. The Hall–Kier alpha value is -0.990. The summed E-state index contributed by atoms with van der Waals surface area (Å²) >= 11 is 6.99. The Labute approximate surface area is 175 Å². The zero-order chi connectivity index (χ0) is 17.4. The second-order valence-electron chi connectivity index (χ2n) is 6.26. The first kappa shape index (κ1) is 19.8. The van der Waals surface area contributed by atoms with Crippen molar-refractivity contribution >= 4 is 55.9 Å². The van der Waals surface area contributed by atoms with Gasteiger partial charge in [-0.2, -0.15) is 0 Å². The zero-order valence-electron chi connectivity index (χ0n) is 13.9. The van der Waals surface area contributed by atoms with Crippen molar-refractivity contribution in [3.63, 3.8) is 0 Å². The van der Waals surface area contributed by atoms with Gasteiger partial charge in [-0.25, -0.2) is 0 Å². The van der Waals surface area contributed by atoms with E-state index in [2.05, 4.69) is 53.1 Å². The van der Waals surface area contributed by atoms with Gasteiger partial charge in [-0.05, 0) is 61.2 Å². The highest BCUT2D eigenvalue weighted by Gasteiger charge is 2.33. The highest BCUT2D eigenvalue weighted by molar-refractivity contribution is 9.13. The first-order chi connectivity index (χ1) is 12.1. The summed E-state index contributed by atoms with van der Waals surface area (Å²) in [7, 11) is 0. The van der Waals surface area contributed by atoms with Gasteiger partial charge >= 0.3 is 0 Å². The van der Waals surface area contributed by atoms with Gasteiger partial charge in [0.15, 0.2) is 0 Å². The number of aromatic nitrogens is 1. The monoisotopic (exact) mass is 501 g/mol. The number of rotatable bonds is 3. The SMILES string of the molecule is Cl.O=C1Nc2cc(Br)c(Br)cc2C1c1ccc(CN2CCOCC2)cn1. The molecule has 4 rings (SSSR count).